The number of benzene rings is 2. The van der Waals surface area contributed by atoms with Crippen LogP contribution >= 0.6 is 15.9 Å². The summed E-state index contributed by atoms with van der Waals surface area (Å²) < 4.78 is 11.6. The average molecular weight is 435 g/mol. The van der Waals surface area contributed by atoms with Gasteiger partial charge in [-0.3, -0.25) is 20.4 Å². The molecule has 0 spiro atoms. The third kappa shape index (κ3) is 6.29. The van der Waals surface area contributed by atoms with Crippen LogP contribution in [0.3, 0.4) is 0 Å². The number of hydrogen-bond donors (Lipinski definition) is 2. The van der Waals surface area contributed by atoms with Crippen LogP contribution < -0.4 is 20.3 Å². The molecule has 0 heterocycles. The zero-order valence-electron chi connectivity index (χ0n) is 15.5. The predicted octanol–water partition coefficient (Wildman–Crippen LogP) is 3.81. The third-order valence-electron chi connectivity index (χ3n) is 3.72. The van der Waals surface area contributed by atoms with Gasteiger partial charge in [-0.1, -0.05) is 19.9 Å². The van der Waals surface area contributed by atoms with E-state index in [9.17, 15) is 9.59 Å². The van der Waals surface area contributed by atoms with Crippen molar-refractivity contribution in [1.82, 2.24) is 10.9 Å². The van der Waals surface area contributed by atoms with Crippen LogP contribution in [0.4, 0.5) is 0 Å². The van der Waals surface area contributed by atoms with Crippen LogP contribution in [0.2, 0.25) is 0 Å². The molecule has 2 aromatic carbocycles. The summed E-state index contributed by atoms with van der Waals surface area (Å²) in [6.45, 7) is 6.42. The van der Waals surface area contributed by atoms with Crippen LogP contribution in [0.25, 0.3) is 0 Å². The van der Waals surface area contributed by atoms with Crippen molar-refractivity contribution in [1.29, 1.82) is 0 Å². The van der Waals surface area contributed by atoms with Crippen LogP contribution in [0.1, 0.15) is 42.6 Å². The monoisotopic (exact) mass is 434 g/mol. The first-order chi connectivity index (χ1) is 12.9. The second-order valence-electron chi connectivity index (χ2n) is 6.09. The molecular weight excluding hydrogens is 412 g/mol. The highest BCUT2D eigenvalue weighted by Crippen LogP contribution is 2.28. The molecule has 0 aliphatic heterocycles. The van der Waals surface area contributed by atoms with E-state index in [1.807, 2.05) is 25.1 Å². The van der Waals surface area contributed by atoms with Crippen LogP contribution in [-0.2, 0) is 4.79 Å². The Kier molecular flexibility index (Phi) is 7.67. The molecule has 144 valence electrons. The summed E-state index contributed by atoms with van der Waals surface area (Å²) >= 11 is 3.44. The Hall–Kier alpha value is -2.54. The van der Waals surface area contributed by atoms with Gasteiger partial charge in [0.05, 0.1) is 11.1 Å². The molecule has 0 aromatic heterocycles. The topological polar surface area (TPSA) is 76.7 Å². The summed E-state index contributed by atoms with van der Waals surface area (Å²) in [5.41, 5.74) is 6.26. The highest BCUT2D eigenvalue weighted by molar-refractivity contribution is 9.10. The van der Waals surface area contributed by atoms with Gasteiger partial charge in [-0.15, -0.1) is 0 Å². The molecule has 0 fully saturated rings. The fourth-order valence-corrected chi connectivity index (χ4v) is 2.75. The predicted molar refractivity (Wildman–Crippen MR) is 107 cm³/mol. The van der Waals surface area contributed by atoms with Crippen LogP contribution in [-0.4, -0.2) is 25.0 Å². The molecule has 27 heavy (non-hydrogen) atoms. The normalized spacial score (nSPS) is 10.4. The summed E-state index contributed by atoms with van der Waals surface area (Å²) in [6.07, 6.45) is 0. The second kappa shape index (κ2) is 9.97. The van der Waals surface area contributed by atoms with E-state index in [-0.39, 0.29) is 6.61 Å². The first-order valence-corrected chi connectivity index (χ1v) is 9.44. The van der Waals surface area contributed by atoms with E-state index in [4.69, 9.17) is 9.47 Å². The Morgan fingerprint density at radius 2 is 1.74 bits per heavy atom. The Morgan fingerprint density at radius 3 is 2.33 bits per heavy atom. The Morgan fingerprint density at radius 1 is 1.04 bits per heavy atom. The van der Waals surface area contributed by atoms with Crippen molar-refractivity contribution in [2.45, 2.75) is 26.7 Å². The lowest BCUT2D eigenvalue weighted by Gasteiger charge is -2.12. The maximum absolute atomic E-state index is 12.0. The Labute approximate surface area is 167 Å². The Balaban J connectivity index is 1.81. The van der Waals surface area contributed by atoms with E-state index < -0.39 is 11.8 Å². The molecule has 2 aromatic rings. The van der Waals surface area contributed by atoms with Gasteiger partial charge in [0.2, 0.25) is 0 Å². The number of hydrogen-bond acceptors (Lipinski definition) is 4. The lowest BCUT2D eigenvalue weighted by Crippen LogP contribution is -2.43. The van der Waals surface area contributed by atoms with E-state index >= 15 is 0 Å². The molecule has 2 rings (SSSR count). The van der Waals surface area contributed by atoms with E-state index in [0.717, 1.165) is 4.47 Å². The zero-order chi connectivity index (χ0) is 19.8. The fourth-order valence-electron chi connectivity index (χ4n) is 2.24. The number of rotatable bonds is 7. The number of hydrazine groups is 1. The van der Waals surface area contributed by atoms with E-state index in [1.165, 1.54) is 5.56 Å². The fraction of sp³-hybridized carbons (Fsp3) is 0.300. The van der Waals surface area contributed by atoms with Gasteiger partial charge < -0.3 is 9.47 Å². The number of ether oxygens (including phenoxy) is 2. The summed E-state index contributed by atoms with van der Waals surface area (Å²) in [5.74, 6) is 0.757. The molecule has 0 aliphatic rings. The van der Waals surface area contributed by atoms with Gasteiger partial charge in [0.25, 0.3) is 11.8 Å². The third-order valence-corrected chi connectivity index (χ3v) is 4.34. The van der Waals surface area contributed by atoms with Crippen molar-refractivity contribution in [2.75, 3.05) is 13.2 Å². The van der Waals surface area contributed by atoms with Crippen molar-refractivity contribution in [3.05, 3.63) is 58.1 Å². The largest absolute Gasteiger partial charge is 0.494 e. The van der Waals surface area contributed by atoms with Gasteiger partial charge in [-0.25, -0.2) is 0 Å². The SMILES string of the molecule is CCOc1ccc(C(=O)NNC(=O)COc2ccc(C(C)C)cc2Br)cc1. The summed E-state index contributed by atoms with van der Waals surface area (Å²) in [4.78, 5) is 23.9. The number of nitrogens with one attached hydrogen (secondary N) is 2. The van der Waals surface area contributed by atoms with Crippen molar-refractivity contribution in [3.63, 3.8) is 0 Å². The molecule has 0 bridgehead atoms. The molecule has 7 heteroatoms. The van der Waals surface area contributed by atoms with E-state index in [1.54, 1.807) is 24.3 Å². The average Bonchev–Trinajstić information content (AvgIpc) is 2.65. The van der Waals surface area contributed by atoms with Gasteiger partial charge in [-0.2, -0.15) is 0 Å². The Bertz CT molecular complexity index is 791. The van der Waals surface area contributed by atoms with Crippen LogP contribution in [0.5, 0.6) is 11.5 Å². The maximum Gasteiger partial charge on any atom is 0.276 e. The molecule has 2 amide bonds. The lowest BCUT2D eigenvalue weighted by molar-refractivity contribution is -0.123. The van der Waals surface area contributed by atoms with Gasteiger partial charge >= 0.3 is 0 Å². The van der Waals surface area contributed by atoms with Crippen LogP contribution in [0.15, 0.2) is 46.9 Å². The summed E-state index contributed by atoms with van der Waals surface area (Å²) in [7, 11) is 0. The number of halogens is 1. The summed E-state index contributed by atoms with van der Waals surface area (Å²) in [5, 5.41) is 0. The number of carbonyl (C=O) groups excluding carboxylic acids is 2. The zero-order valence-corrected chi connectivity index (χ0v) is 17.1. The highest BCUT2D eigenvalue weighted by Gasteiger charge is 2.10. The van der Waals surface area contributed by atoms with Crippen molar-refractivity contribution in [2.24, 2.45) is 0 Å². The first kappa shape index (κ1) is 20.8. The van der Waals surface area contributed by atoms with Crippen molar-refractivity contribution in [3.8, 4) is 11.5 Å². The van der Waals surface area contributed by atoms with Crippen molar-refractivity contribution >= 4 is 27.7 Å². The smallest absolute Gasteiger partial charge is 0.276 e. The molecule has 0 radical (unpaired) electrons. The van der Waals surface area contributed by atoms with Gasteiger partial charge in [0, 0.05) is 5.56 Å². The molecule has 0 atom stereocenters. The van der Waals surface area contributed by atoms with E-state index in [2.05, 4.69) is 40.6 Å². The van der Waals surface area contributed by atoms with Crippen molar-refractivity contribution < 1.29 is 19.1 Å². The number of amides is 2. The second-order valence-corrected chi connectivity index (χ2v) is 6.95. The van der Waals surface area contributed by atoms with Crippen LogP contribution in [0, 0.1) is 0 Å². The minimum atomic E-state index is -0.464. The molecule has 0 saturated heterocycles. The minimum absolute atomic E-state index is 0.219. The molecule has 0 aliphatic carbocycles. The lowest BCUT2D eigenvalue weighted by atomic mass is 10.0. The molecule has 0 unspecified atom stereocenters. The molecular formula is C20H23BrN2O4. The summed E-state index contributed by atoms with van der Waals surface area (Å²) in [6, 6.07) is 12.4. The first-order valence-electron chi connectivity index (χ1n) is 8.65. The number of carbonyl (C=O) groups is 2. The minimum Gasteiger partial charge on any atom is -0.494 e. The maximum atomic E-state index is 12.0. The van der Waals surface area contributed by atoms with E-state index in [0.29, 0.717) is 29.6 Å². The molecule has 0 saturated carbocycles. The molecule has 2 N–H and O–H groups in total. The van der Waals surface area contributed by atoms with Gasteiger partial charge in [0.1, 0.15) is 11.5 Å². The standard InChI is InChI=1S/C20H23BrN2O4/c1-4-26-16-8-5-14(6-9-16)20(25)23-22-19(24)12-27-18-10-7-15(13(2)3)11-17(18)21/h5-11,13H,4,12H2,1-3H3,(H,22,24)(H,23,25). The van der Waals surface area contributed by atoms with Gasteiger partial charge in [0.15, 0.2) is 6.61 Å². The van der Waals surface area contributed by atoms with Gasteiger partial charge in [-0.05, 0) is 70.7 Å². The molecule has 6 nitrogen and oxygen atoms in total. The highest BCUT2D eigenvalue weighted by atomic mass is 79.9. The quantitative estimate of drug-likeness (QED) is 0.649.